The number of hydrogen-bond donors (Lipinski definition) is 3. The van der Waals surface area contributed by atoms with Gasteiger partial charge in [0.05, 0.1) is 16.5 Å². The summed E-state index contributed by atoms with van der Waals surface area (Å²) in [7, 11) is 0. The van der Waals surface area contributed by atoms with E-state index in [1.54, 1.807) is 30.3 Å². The van der Waals surface area contributed by atoms with E-state index in [0.717, 1.165) is 15.7 Å². The zero-order valence-electron chi connectivity index (χ0n) is 19.2. The predicted octanol–water partition coefficient (Wildman–Crippen LogP) is 5.70. The van der Waals surface area contributed by atoms with Gasteiger partial charge in [-0.15, -0.1) is 11.8 Å². The lowest BCUT2D eigenvalue weighted by atomic mass is 10.1. The van der Waals surface area contributed by atoms with E-state index in [2.05, 4.69) is 10.6 Å². The number of benzene rings is 4. The molecule has 0 aliphatic rings. The molecule has 7 heteroatoms. The van der Waals surface area contributed by atoms with Gasteiger partial charge in [0.1, 0.15) is 0 Å². The predicted molar refractivity (Wildman–Crippen MR) is 142 cm³/mol. The summed E-state index contributed by atoms with van der Waals surface area (Å²) >= 11 is 1.39. The Bertz CT molecular complexity index is 1400. The monoisotopic (exact) mass is 483 g/mol. The topological polar surface area (TPSA) is 101 Å². The summed E-state index contributed by atoms with van der Waals surface area (Å²) in [5, 5.41) is 7.43. The molecule has 4 rings (SSSR count). The summed E-state index contributed by atoms with van der Waals surface area (Å²) in [5.41, 5.74) is 7.28. The maximum Gasteiger partial charge on any atom is 0.255 e. The summed E-state index contributed by atoms with van der Waals surface area (Å²) in [6.45, 7) is 1.92. The largest absolute Gasteiger partial charge is 0.366 e. The second kappa shape index (κ2) is 10.9. The smallest absolute Gasteiger partial charge is 0.255 e. The van der Waals surface area contributed by atoms with Crippen molar-refractivity contribution in [3.8, 4) is 0 Å². The molecule has 4 aromatic rings. The Kier molecular flexibility index (Phi) is 7.48. The number of carbonyl (C=O) groups excluding carboxylic acids is 3. The molecule has 0 heterocycles. The van der Waals surface area contributed by atoms with Crippen LogP contribution in [0.5, 0.6) is 0 Å². The van der Waals surface area contributed by atoms with Crippen molar-refractivity contribution in [3.05, 3.63) is 102 Å². The van der Waals surface area contributed by atoms with Gasteiger partial charge < -0.3 is 16.4 Å². The number of carbonyl (C=O) groups is 3. The summed E-state index contributed by atoms with van der Waals surface area (Å²) in [4.78, 5) is 38.2. The highest BCUT2D eigenvalue weighted by Gasteiger charge is 2.20. The van der Waals surface area contributed by atoms with E-state index in [0.29, 0.717) is 23.4 Å². The van der Waals surface area contributed by atoms with E-state index >= 15 is 0 Å². The average Bonchev–Trinajstić information content (AvgIpc) is 2.87. The van der Waals surface area contributed by atoms with Gasteiger partial charge in [0.15, 0.2) is 0 Å². The first kappa shape index (κ1) is 24.0. The molecule has 0 fully saturated rings. The Balaban J connectivity index is 1.45. The first-order chi connectivity index (χ1) is 16.9. The molecule has 0 saturated carbocycles. The number of fused-ring (bicyclic) bond motifs is 1. The Morgan fingerprint density at radius 1 is 0.829 bits per heavy atom. The van der Waals surface area contributed by atoms with Crippen molar-refractivity contribution in [2.24, 2.45) is 5.73 Å². The average molecular weight is 484 g/mol. The van der Waals surface area contributed by atoms with Crippen LogP contribution >= 0.6 is 11.8 Å². The Morgan fingerprint density at radius 2 is 1.57 bits per heavy atom. The highest BCUT2D eigenvalue weighted by atomic mass is 32.2. The lowest BCUT2D eigenvalue weighted by molar-refractivity contribution is -0.115. The highest BCUT2D eigenvalue weighted by Crippen LogP contribution is 2.29. The SMILES string of the molecule is CCC(Sc1cccc(NC(=O)c2ccc3ccccc3c2)c1)C(=O)Nc1ccccc1C(N)=O. The molecule has 4 aromatic carbocycles. The van der Waals surface area contributed by atoms with Gasteiger partial charge in [0.25, 0.3) is 11.8 Å². The molecule has 0 aliphatic carbocycles. The second-order valence-corrected chi connectivity index (χ2v) is 9.23. The van der Waals surface area contributed by atoms with Crippen LogP contribution in [0.1, 0.15) is 34.1 Å². The molecule has 3 amide bonds. The third kappa shape index (κ3) is 5.88. The number of hydrogen-bond acceptors (Lipinski definition) is 4. The Labute approximate surface area is 207 Å². The second-order valence-electron chi connectivity index (χ2n) is 7.96. The molecule has 1 unspecified atom stereocenters. The summed E-state index contributed by atoms with van der Waals surface area (Å²) < 4.78 is 0. The number of para-hydroxylation sites is 1. The third-order valence-electron chi connectivity index (χ3n) is 5.50. The van der Waals surface area contributed by atoms with Gasteiger partial charge in [-0.25, -0.2) is 0 Å². The van der Waals surface area contributed by atoms with Crippen molar-refractivity contribution in [2.45, 2.75) is 23.5 Å². The number of thioether (sulfide) groups is 1. The van der Waals surface area contributed by atoms with Crippen LogP contribution in [-0.4, -0.2) is 23.0 Å². The van der Waals surface area contributed by atoms with Gasteiger partial charge in [-0.3, -0.25) is 14.4 Å². The molecule has 0 spiro atoms. The zero-order valence-corrected chi connectivity index (χ0v) is 20.0. The van der Waals surface area contributed by atoms with Crippen LogP contribution < -0.4 is 16.4 Å². The maximum absolute atomic E-state index is 12.9. The molecule has 0 bridgehead atoms. The van der Waals surface area contributed by atoms with Gasteiger partial charge in [0, 0.05) is 16.1 Å². The fourth-order valence-electron chi connectivity index (χ4n) is 3.69. The van der Waals surface area contributed by atoms with E-state index in [9.17, 15) is 14.4 Å². The van der Waals surface area contributed by atoms with E-state index in [1.807, 2.05) is 67.6 Å². The minimum atomic E-state index is -0.601. The van der Waals surface area contributed by atoms with E-state index < -0.39 is 11.2 Å². The fourth-order valence-corrected chi connectivity index (χ4v) is 4.70. The molecule has 0 aromatic heterocycles. The van der Waals surface area contributed by atoms with Gasteiger partial charge in [-0.2, -0.15) is 0 Å². The molecular formula is C28H25N3O3S. The van der Waals surface area contributed by atoms with E-state index in [-0.39, 0.29) is 17.4 Å². The Hall–Kier alpha value is -4.10. The van der Waals surface area contributed by atoms with Crippen molar-refractivity contribution in [1.29, 1.82) is 0 Å². The van der Waals surface area contributed by atoms with Crippen molar-refractivity contribution in [2.75, 3.05) is 10.6 Å². The summed E-state index contributed by atoms with van der Waals surface area (Å²) in [6, 6.07) is 27.5. The fraction of sp³-hybridized carbons (Fsp3) is 0.107. The minimum Gasteiger partial charge on any atom is -0.366 e. The molecule has 0 radical (unpaired) electrons. The number of nitrogens with one attached hydrogen (secondary N) is 2. The van der Waals surface area contributed by atoms with Crippen molar-refractivity contribution >= 4 is 51.6 Å². The quantitative estimate of drug-likeness (QED) is 0.280. The zero-order chi connectivity index (χ0) is 24.8. The van der Waals surface area contributed by atoms with Crippen molar-refractivity contribution < 1.29 is 14.4 Å². The molecule has 176 valence electrons. The number of rotatable bonds is 8. The normalized spacial score (nSPS) is 11.6. The van der Waals surface area contributed by atoms with Gasteiger partial charge in [0.2, 0.25) is 5.91 Å². The number of primary amides is 1. The number of anilines is 2. The minimum absolute atomic E-state index is 0.203. The lowest BCUT2D eigenvalue weighted by Gasteiger charge is -2.16. The van der Waals surface area contributed by atoms with Crippen LogP contribution in [0.2, 0.25) is 0 Å². The summed E-state index contributed by atoms with van der Waals surface area (Å²) in [6.07, 6.45) is 0.572. The van der Waals surface area contributed by atoms with Gasteiger partial charge >= 0.3 is 0 Å². The molecule has 35 heavy (non-hydrogen) atoms. The van der Waals surface area contributed by atoms with E-state index in [4.69, 9.17) is 5.73 Å². The van der Waals surface area contributed by atoms with Crippen LogP contribution in [0.4, 0.5) is 11.4 Å². The van der Waals surface area contributed by atoms with Crippen LogP contribution in [-0.2, 0) is 4.79 Å². The van der Waals surface area contributed by atoms with Crippen LogP contribution in [0.3, 0.4) is 0 Å². The summed E-state index contributed by atoms with van der Waals surface area (Å²) in [5.74, 6) is -1.03. The molecule has 6 nitrogen and oxygen atoms in total. The van der Waals surface area contributed by atoms with Crippen LogP contribution in [0.15, 0.2) is 95.9 Å². The number of nitrogens with two attached hydrogens (primary N) is 1. The Morgan fingerprint density at radius 3 is 2.34 bits per heavy atom. The molecule has 1 atom stereocenters. The van der Waals surface area contributed by atoms with Gasteiger partial charge in [-0.1, -0.05) is 55.5 Å². The molecule has 0 aliphatic heterocycles. The first-order valence-corrected chi connectivity index (χ1v) is 12.1. The number of amides is 3. The highest BCUT2D eigenvalue weighted by molar-refractivity contribution is 8.00. The standard InChI is InChI=1S/C28H25N3O3S/c1-2-25(28(34)31-24-13-6-5-12-23(24)26(29)32)35-22-11-7-10-21(17-22)30-27(33)20-15-14-18-8-3-4-9-19(18)16-20/h3-17,25H,2H2,1H3,(H2,29,32)(H,30,33)(H,31,34). The van der Waals surface area contributed by atoms with Crippen LogP contribution in [0, 0.1) is 0 Å². The molecular weight excluding hydrogens is 458 g/mol. The first-order valence-electron chi connectivity index (χ1n) is 11.2. The van der Waals surface area contributed by atoms with Crippen molar-refractivity contribution in [1.82, 2.24) is 0 Å². The third-order valence-corrected chi connectivity index (χ3v) is 6.85. The van der Waals surface area contributed by atoms with Crippen LogP contribution in [0.25, 0.3) is 10.8 Å². The molecule has 4 N–H and O–H groups in total. The van der Waals surface area contributed by atoms with Gasteiger partial charge in [-0.05, 0) is 59.7 Å². The van der Waals surface area contributed by atoms with E-state index in [1.165, 1.54) is 11.8 Å². The lowest BCUT2D eigenvalue weighted by Crippen LogP contribution is -2.26. The maximum atomic E-state index is 12.9. The molecule has 0 saturated heterocycles. The van der Waals surface area contributed by atoms with Crippen molar-refractivity contribution in [3.63, 3.8) is 0 Å².